The molecule has 1 aromatic heterocycles. The van der Waals surface area contributed by atoms with Crippen molar-refractivity contribution in [3.63, 3.8) is 0 Å². The minimum atomic E-state index is -0.196. The maximum Gasteiger partial charge on any atom is 0.227 e. The molecule has 34 heavy (non-hydrogen) atoms. The predicted molar refractivity (Wildman–Crippen MR) is 135 cm³/mol. The van der Waals surface area contributed by atoms with Crippen LogP contribution in [0.25, 0.3) is 10.9 Å². The molecule has 0 atom stereocenters. The van der Waals surface area contributed by atoms with Gasteiger partial charge in [0.2, 0.25) is 5.95 Å². The van der Waals surface area contributed by atoms with Gasteiger partial charge in [0.25, 0.3) is 0 Å². The number of hydrogen-bond acceptors (Lipinski definition) is 7. The van der Waals surface area contributed by atoms with Gasteiger partial charge in [-0.1, -0.05) is 18.2 Å². The molecule has 3 aromatic rings. The van der Waals surface area contributed by atoms with Crippen molar-refractivity contribution in [1.29, 1.82) is 0 Å². The Morgan fingerprint density at radius 1 is 1.06 bits per heavy atom. The van der Waals surface area contributed by atoms with E-state index in [-0.39, 0.29) is 12.2 Å². The Hall–Kier alpha value is -3.03. The summed E-state index contributed by atoms with van der Waals surface area (Å²) in [5, 5.41) is 14.1. The number of rotatable bonds is 6. The maximum absolute atomic E-state index is 9.78. The highest BCUT2D eigenvalue weighted by Gasteiger charge is 2.22. The van der Waals surface area contributed by atoms with Gasteiger partial charge in [-0.05, 0) is 75.4 Å². The Balaban J connectivity index is 1.19. The summed E-state index contributed by atoms with van der Waals surface area (Å²) in [6, 6.07) is 12.3. The van der Waals surface area contributed by atoms with E-state index in [9.17, 15) is 5.11 Å². The number of anilines is 2. The molecule has 2 fully saturated rings. The van der Waals surface area contributed by atoms with Crippen LogP contribution in [0.2, 0.25) is 0 Å². The Bertz CT molecular complexity index is 1210. The molecule has 0 amide bonds. The number of ether oxygens (including phenoxy) is 1. The predicted octanol–water partition coefficient (Wildman–Crippen LogP) is 4.78. The van der Waals surface area contributed by atoms with Crippen molar-refractivity contribution >= 4 is 33.9 Å². The molecular weight excluding hydrogens is 426 g/mol. The molecule has 0 spiro atoms. The SMILES string of the molecule is OC1CCC(Oc2cccc3cnc(Nc4ccc5c(c4)N=C(CN4CCCC4)C5)nc23)CC1. The number of aliphatic imine (C=N–C) groups is 1. The first-order chi connectivity index (χ1) is 16.7. The number of aromatic nitrogens is 2. The van der Waals surface area contributed by atoms with E-state index in [4.69, 9.17) is 14.7 Å². The average molecular weight is 458 g/mol. The van der Waals surface area contributed by atoms with Crippen LogP contribution in [-0.2, 0) is 6.42 Å². The molecule has 1 saturated carbocycles. The second-order valence-electron chi connectivity index (χ2n) is 9.74. The number of nitrogens with zero attached hydrogens (tertiary/aromatic N) is 4. The molecule has 1 aliphatic carbocycles. The lowest BCUT2D eigenvalue weighted by Gasteiger charge is -2.26. The molecule has 0 bridgehead atoms. The van der Waals surface area contributed by atoms with Gasteiger partial charge in [-0.2, -0.15) is 0 Å². The van der Waals surface area contributed by atoms with E-state index < -0.39 is 0 Å². The third kappa shape index (κ3) is 4.63. The largest absolute Gasteiger partial charge is 0.488 e. The fourth-order valence-electron chi connectivity index (χ4n) is 5.27. The maximum atomic E-state index is 9.78. The number of nitrogens with one attached hydrogen (secondary N) is 1. The lowest BCUT2D eigenvalue weighted by Crippen LogP contribution is -2.26. The average Bonchev–Trinajstić information content (AvgIpc) is 3.50. The number of benzene rings is 2. The van der Waals surface area contributed by atoms with Gasteiger partial charge in [-0.25, -0.2) is 9.97 Å². The van der Waals surface area contributed by atoms with Crippen LogP contribution in [0, 0.1) is 0 Å². The molecule has 7 heteroatoms. The van der Waals surface area contributed by atoms with E-state index in [1.807, 2.05) is 24.4 Å². The summed E-state index contributed by atoms with van der Waals surface area (Å²) in [5.74, 6) is 1.32. The van der Waals surface area contributed by atoms with Crippen molar-refractivity contribution in [3.05, 3.63) is 48.2 Å². The van der Waals surface area contributed by atoms with Crippen molar-refractivity contribution < 1.29 is 9.84 Å². The first-order valence-corrected chi connectivity index (χ1v) is 12.5. The number of fused-ring (bicyclic) bond motifs is 2. The van der Waals surface area contributed by atoms with Crippen molar-refractivity contribution in [3.8, 4) is 5.75 Å². The van der Waals surface area contributed by atoms with E-state index in [0.717, 1.165) is 66.7 Å². The Morgan fingerprint density at radius 2 is 1.91 bits per heavy atom. The summed E-state index contributed by atoms with van der Waals surface area (Å²) < 4.78 is 6.30. The quantitative estimate of drug-likeness (QED) is 0.554. The third-order valence-corrected chi connectivity index (χ3v) is 7.13. The zero-order valence-corrected chi connectivity index (χ0v) is 19.4. The minimum Gasteiger partial charge on any atom is -0.488 e. The number of hydrogen-bond donors (Lipinski definition) is 2. The molecule has 6 rings (SSSR count). The first-order valence-electron chi connectivity index (χ1n) is 12.5. The third-order valence-electron chi connectivity index (χ3n) is 7.13. The smallest absolute Gasteiger partial charge is 0.227 e. The Kier molecular flexibility index (Phi) is 5.89. The van der Waals surface area contributed by atoms with E-state index >= 15 is 0 Å². The van der Waals surface area contributed by atoms with Gasteiger partial charge in [-0.3, -0.25) is 9.89 Å². The Morgan fingerprint density at radius 3 is 2.76 bits per heavy atom. The summed E-state index contributed by atoms with van der Waals surface area (Å²) >= 11 is 0. The van der Waals surface area contributed by atoms with Gasteiger partial charge in [0, 0.05) is 35.9 Å². The van der Waals surface area contributed by atoms with E-state index in [0.29, 0.717) is 5.95 Å². The number of likely N-dealkylation sites (tertiary alicyclic amines) is 1. The van der Waals surface area contributed by atoms with Crippen LogP contribution >= 0.6 is 0 Å². The van der Waals surface area contributed by atoms with Crippen LogP contribution in [0.1, 0.15) is 44.1 Å². The highest BCUT2D eigenvalue weighted by Crippen LogP contribution is 2.32. The minimum absolute atomic E-state index is 0.115. The highest BCUT2D eigenvalue weighted by molar-refractivity contribution is 5.96. The molecule has 3 aliphatic rings. The molecular formula is C27H31N5O2. The molecule has 0 radical (unpaired) electrons. The van der Waals surface area contributed by atoms with Crippen LogP contribution in [-0.4, -0.2) is 57.5 Å². The second kappa shape index (κ2) is 9.31. The standard InChI is InChI=1S/C27H31N5O2/c33-22-8-10-23(11-9-22)34-25-5-3-4-19-16-28-27(31-26(19)25)30-20-7-6-18-14-21(29-24(18)15-20)17-32-12-1-2-13-32/h3-7,15-16,22-23,33H,1-2,8-14,17H2,(H,28,30,31). The number of aliphatic hydroxyl groups is 1. The Labute approximate surface area is 199 Å². The van der Waals surface area contributed by atoms with Crippen LogP contribution in [0.4, 0.5) is 17.3 Å². The lowest BCUT2D eigenvalue weighted by molar-refractivity contribution is 0.0672. The fraction of sp³-hybridized carbons (Fsp3) is 0.444. The molecule has 7 nitrogen and oxygen atoms in total. The lowest BCUT2D eigenvalue weighted by atomic mass is 9.95. The molecule has 3 heterocycles. The second-order valence-corrected chi connectivity index (χ2v) is 9.74. The molecule has 2 aliphatic heterocycles. The van der Waals surface area contributed by atoms with Crippen LogP contribution in [0.5, 0.6) is 5.75 Å². The van der Waals surface area contributed by atoms with Crippen LogP contribution in [0.3, 0.4) is 0 Å². The summed E-state index contributed by atoms with van der Waals surface area (Å²) in [6.45, 7) is 3.36. The van der Waals surface area contributed by atoms with Gasteiger partial charge >= 0.3 is 0 Å². The number of para-hydroxylation sites is 1. The normalized spacial score (nSPS) is 22.6. The molecule has 176 valence electrons. The van der Waals surface area contributed by atoms with Crippen LogP contribution < -0.4 is 10.1 Å². The van der Waals surface area contributed by atoms with E-state index in [1.165, 1.54) is 37.2 Å². The van der Waals surface area contributed by atoms with Gasteiger partial charge in [0.1, 0.15) is 11.3 Å². The zero-order valence-electron chi connectivity index (χ0n) is 19.4. The summed E-state index contributed by atoms with van der Waals surface area (Å²) in [4.78, 5) is 16.7. The first kappa shape index (κ1) is 21.5. The van der Waals surface area contributed by atoms with Gasteiger partial charge < -0.3 is 15.2 Å². The fourth-order valence-corrected chi connectivity index (χ4v) is 5.27. The van der Waals surface area contributed by atoms with Crippen molar-refractivity contribution in [2.24, 2.45) is 4.99 Å². The highest BCUT2D eigenvalue weighted by atomic mass is 16.5. The summed E-state index contributed by atoms with van der Waals surface area (Å²) in [6.07, 6.45) is 8.61. The van der Waals surface area contributed by atoms with E-state index in [2.05, 4.69) is 33.4 Å². The van der Waals surface area contributed by atoms with Crippen molar-refractivity contribution in [2.45, 2.75) is 57.2 Å². The topological polar surface area (TPSA) is 82.9 Å². The van der Waals surface area contributed by atoms with Gasteiger partial charge in [0.05, 0.1) is 17.9 Å². The molecule has 2 aromatic carbocycles. The van der Waals surface area contributed by atoms with Crippen molar-refractivity contribution in [2.75, 3.05) is 25.0 Å². The van der Waals surface area contributed by atoms with Crippen LogP contribution in [0.15, 0.2) is 47.6 Å². The molecule has 0 unspecified atom stereocenters. The summed E-state index contributed by atoms with van der Waals surface area (Å²) in [7, 11) is 0. The van der Waals surface area contributed by atoms with E-state index in [1.54, 1.807) is 0 Å². The van der Waals surface area contributed by atoms with Gasteiger partial charge in [0.15, 0.2) is 0 Å². The zero-order chi connectivity index (χ0) is 22.9. The summed E-state index contributed by atoms with van der Waals surface area (Å²) in [5.41, 5.74) is 5.33. The van der Waals surface area contributed by atoms with Gasteiger partial charge in [-0.15, -0.1) is 0 Å². The van der Waals surface area contributed by atoms with Crippen molar-refractivity contribution in [1.82, 2.24) is 14.9 Å². The molecule has 2 N–H and O–H groups in total. The monoisotopic (exact) mass is 457 g/mol. The molecule has 1 saturated heterocycles. The number of aliphatic hydroxyl groups excluding tert-OH is 1.